The van der Waals surface area contributed by atoms with E-state index in [1.54, 1.807) is 7.11 Å². The van der Waals surface area contributed by atoms with Crippen molar-refractivity contribution in [3.05, 3.63) is 59.8 Å². The lowest BCUT2D eigenvalue weighted by atomic mass is 10.1. The molecule has 148 valence electrons. The third kappa shape index (κ3) is 4.33. The largest absolute Gasteiger partial charge is 0.497 e. The van der Waals surface area contributed by atoms with Gasteiger partial charge < -0.3 is 14.0 Å². The van der Waals surface area contributed by atoms with Gasteiger partial charge in [0.25, 0.3) is 0 Å². The van der Waals surface area contributed by atoms with Gasteiger partial charge in [0.1, 0.15) is 18.1 Å². The fourth-order valence-electron chi connectivity index (χ4n) is 4.08. The fraction of sp³-hybridized carbons (Fsp3) is 0.417. The number of piperidine rings is 1. The topological polar surface area (TPSA) is 26.6 Å². The van der Waals surface area contributed by atoms with Crippen molar-refractivity contribution in [2.24, 2.45) is 0 Å². The summed E-state index contributed by atoms with van der Waals surface area (Å²) in [5.41, 5.74) is 3.78. The number of aromatic nitrogens is 1. The first-order chi connectivity index (χ1) is 13.7. The van der Waals surface area contributed by atoms with E-state index in [2.05, 4.69) is 59.0 Å². The van der Waals surface area contributed by atoms with Crippen molar-refractivity contribution in [1.82, 2.24) is 9.47 Å². The van der Waals surface area contributed by atoms with Crippen molar-refractivity contribution < 1.29 is 9.47 Å². The first-order valence-electron chi connectivity index (χ1n) is 10.3. The molecule has 1 aliphatic rings. The maximum atomic E-state index is 5.95. The molecule has 1 fully saturated rings. The highest BCUT2D eigenvalue weighted by Crippen LogP contribution is 2.26. The first kappa shape index (κ1) is 18.9. The quantitative estimate of drug-likeness (QED) is 0.587. The van der Waals surface area contributed by atoms with Crippen LogP contribution in [0.5, 0.6) is 11.5 Å². The molecular formula is C24H30N2O2. The number of benzene rings is 2. The van der Waals surface area contributed by atoms with Crippen LogP contribution in [0, 0.1) is 6.92 Å². The monoisotopic (exact) mass is 378 g/mol. The number of rotatable bonds is 7. The molecule has 4 nitrogen and oxygen atoms in total. The molecule has 2 heterocycles. The van der Waals surface area contributed by atoms with Crippen LogP contribution in [-0.4, -0.2) is 42.8 Å². The van der Waals surface area contributed by atoms with Crippen LogP contribution in [0.4, 0.5) is 0 Å². The summed E-state index contributed by atoms with van der Waals surface area (Å²) in [5, 5.41) is 1.25. The lowest BCUT2D eigenvalue weighted by molar-refractivity contribution is 0.183. The minimum Gasteiger partial charge on any atom is -0.497 e. The zero-order valence-corrected chi connectivity index (χ0v) is 17.0. The van der Waals surface area contributed by atoms with Crippen molar-refractivity contribution in [2.45, 2.75) is 32.7 Å². The highest BCUT2D eigenvalue weighted by Gasteiger charge is 2.10. The van der Waals surface area contributed by atoms with Crippen molar-refractivity contribution >= 4 is 10.9 Å². The van der Waals surface area contributed by atoms with Gasteiger partial charge in [0.2, 0.25) is 0 Å². The van der Waals surface area contributed by atoms with Crippen LogP contribution in [0.25, 0.3) is 10.9 Å². The lowest BCUT2D eigenvalue weighted by Gasteiger charge is -2.26. The van der Waals surface area contributed by atoms with E-state index >= 15 is 0 Å². The molecule has 1 aromatic heterocycles. The van der Waals surface area contributed by atoms with Gasteiger partial charge in [-0.1, -0.05) is 18.6 Å². The van der Waals surface area contributed by atoms with Crippen molar-refractivity contribution in [3.8, 4) is 11.5 Å². The molecule has 0 aliphatic carbocycles. The van der Waals surface area contributed by atoms with E-state index in [9.17, 15) is 0 Å². The Morgan fingerprint density at radius 2 is 1.68 bits per heavy atom. The van der Waals surface area contributed by atoms with Crippen LogP contribution in [0.15, 0.2) is 48.7 Å². The van der Waals surface area contributed by atoms with Gasteiger partial charge in [-0.25, -0.2) is 0 Å². The molecule has 4 rings (SSSR count). The van der Waals surface area contributed by atoms with E-state index in [0.29, 0.717) is 0 Å². The average molecular weight is 379 g/mol. The van der Waals surface area contributed by atoms with E-state index in [-0.39, 0.29) is 0 Å². The van der Waals surface area contributed by atoms with Gasteiger partial charge in [-0.3, -0.25) is 4.90 Å². The molecule has 0 amide bonds. The van der Waals surface area contributed by atoms with Gasteiger partial charge in [0.15, 0.2) is 0 Å². The van der Waals surface area contributed by atoms with E-state index in [0.717, 1.165) is 31.2 Å². The standard InChI is InChI=1S/C24H30N2O2/c1-19-17-26(24-11-10-22(27-2)16-23(19)24)18-20-6-8-21(9-7-20)28-15-14-25-12-4-3-5-13-25/h6-11,16-17H,3-5,12-15,18H2,1-2H3. The Balaban J connectivity index is 1.37. The number of hydrogen-bond acceptors (Lipinski definition) is 3. The molecule has 0 bridgehead atoms. The minimum atomic E-state index is 0.766. The zero-order valence-electron chi connectivity index (χ0n) is 17.0. The summed E-state index contributed by atoms with van der Waals surface area (Å²) in [6.07, 6.45) is 6.25. The van der Waals surface area contributed by atoms with Crippen molar-refractivity contribution in [1.29, 1.82) is 0 Å². The third-order valence-electron chi connectivity index (χ3n) is 5.69. The maximum Gasteiger partial charge on any atom is 0.119 e. The maximum absolute atomic E-state index is 5.95. The lowest BCUT2D eigenvalue weighted by Crippen LogP contribution is -2.33. The number of likely N-dealkylation sites (tertiary alicyclic amines) is 1. The first-order valence-corrected chi connectivity index (χ1v) is 10.3. The predicted octanol–water partition coefficient (Wildman–Crippen LogP) is 4.87. The number of fused-ring (bicyclic) bond motifs is 1. The summed E-state index contributed by atoms with van der Waals surface area (Å²) in [6, 6.07) is 14.8. The smallest absolute Gasteiger partial charge is 0.119 e. The summed E-state index contributed by atoms with van der Waals surface area (Å²) in [5.74, 6) is 1.86. The van der Waals surface area contributed by atoms with E-state index in [1.807, 2.05) is 6.07 Å². The van der Waals surface area contributed by atoms with Crippen LogP contribution >= 0.6 is 0 Å². The van der Waals surface area contributed by atoms with E-state index in [4.69, 9.17) is 9.47 Å². The summed E-state index contributed by atoms with van der Waals surface area (Å²) in [7, 11) is 1.71. The second-order valence-electron chi connectivity index (χ2n) is 7.72. The molecule has 4 heteroatoms. The fourth-order valence-corrected chi connectivity index (χ4v) is 4.08. The molecule has 1 saturated heterocycles. The van der Waals surface area contributed by atoms with Crippen LogP contribution in [0.3, 0.4) is 0 Å². The Kier molecular flexibility index (Phi) is 5.87. The highest BCUT2D eigenvalue weighted by molar-refractivity contribution is 5.85. The molecule has 0 N–H and O–H groups in total. The van der Waals surface area contributed by atoms with E-state index < -0.39 is 0 Å². The SMILES string of the molecule is COc1ccc2c(c1)c(C)cn2Cc1ccc(OCCN2CCCCC2)cc1. The minimum absolute atomic E-state index is 0.766. The Bertz CT molecular complexity index is 908. The van der Waals surface area contributed by atoms with Gasteiger partial charge in [0.05, 0.1) is 7.11 Å². The number of ether oxygens (including phenoxy) is 2. The molecule has 2 aromatic carbocycles. The second kappa shape index (κ2) is 8.70. The second-order valence-corrected chi connectivity index (χ2v) is 7.72. The van der Waals surface area contributed by atoms with Crippen LogP contribution in [0.2, 0.25) is 0 Å². The number of methoxy groups -OCH3 is 1. The van der Waals surface area contributed by atoms with Gasteiger partial charge in [-0.05, 0) is 74.3 Å². The van der Waals surface area contributed by atoms with Gasteiger partial charge in [0, 0.05) is 30.2 Å². The van der Waals surface area contributed by atoms with Crippen LogP contribution in [0.1, 0.15) is 30.4 Å². The molecule has 0 spiro atoms. The Morgan fingerprint density at radius 1 is 0.929 bits per heavy atom. The summed E-state index contributed by atoms with van der Waals surface area (Å²) in [4.78, 5) is 2.51. The van der Waals surface area contributed by atoms with Crippen molar-refractivity contribution in [2.75, 3.05) is 33.4 Å². The van der Waals surface area contributed by atoms with Crippen LogP contribution in [-0.2, 0) is 6.54 Å². The normalized spacial score (nSPS) is 15.1. The van der Waals surface area contributed by atoms with Crippen molar-refractivity contribution in [3.63, 3.8) is 0 Å². The molecule has 3 aromatic rings. The van der Waals surface area contributed by atoms with E-state index in [1.165, 1.54) is 54.4 Å². The molecule has 28 heavy (non-hydrogen) atoms. The Morgan fingerprint density at radius 3 is 2.43 bits per heavy atom. The molecular weight excluding hydrogens is 348 g/mol. The van der Waals surface area contributed by atoms with Gasteiger partial charge in [-0.2, -0.15) is 0 Å². The summed E-state index contributed by atoms with van der Waals surface area (Å²) >= 11 is 0. The van der Waals surface area contributed by atoms with Gasteiger partial charge in [-0.15, -0.1) is 0 Å². The third-order valence-corrected chi connectivity index (χ3v) is 5.69. The number of hydrogen-bond donors (Lipinski definition) is 0. The number of nitrogens with zero attached hydrogens (tertiary/aromatic N) is 2. The zero-order chi connectivity index (χ0) is 19.3. The summed E-state index contributed by atoms with van der Waals surface area (Å²) < 4.78 is 13.6. The predicted molar refractivity (Wildman–Crippen MR) is 115 cm³/mol. The average Bonchev–Trinajstić information content (AvgIpc) is 3.05. The van der Waals surface area contributed by atoms with Crippen LogP contribution < -0.4 is 9.47 Å². The number of aryl methyl sites for hydroxylation is 1. The Labute approximate surface area is 167 Å². The molecule has 0 radical (unpaired) electrons. The Hall–Kier alpha value is -2.46. The van der Waals surface area contributed by atoms with Gasteiger partial charge >= 0.3 is 0 Å². The molecule has 0 atom stereocenters. The molecule has 0 unspecified atom stereocenters. The molecule has 0 saturated carbocycles. The highest BCUT2D eigenvalue weighted by atomic mass is 16.5. The molecule has 1 aliphatic heterocycles. The summed E-state index contributed by atoms with van der Waals surface area (Å²) in [6.45, 7) is 7.24.